The molecule has 0 aromatic heterocycles. The van der Waals surface area contributed by atoms with Gasteiger partial charge in [-0.25, -0.2) is 0 Å². The lowest BCUT2D eigenvalue weighted by Crippen LogP contribution is -2.18. The minimum atomic E-state index is 0.281. The number of benzene rings is 2. The molecular formula is C19H21BrN2O. The van der Waals surface area contributed by atoms with Crippen molar-refractivity contribution >= 4 is 15.9 Å². The Morgan fingerprint density at radius 1 is 1.22 bits per heavy atom. The first-order valence-electron chi connectivity index (χ1n) is 7.76. The lowest BCUT2D eigenvalue weighted by molar-refractivity contribution is 0.312. The van der Waals surface area contributed by atoms with Crippen molar-refractivity contribution in [3.63, 3.8) is 0 Å². The second kappa shape index (κ2) is 9.34. The van der Waals surface area contributed by atoms with Crippen LogP contribution in [0.1, 0.15) is 36.9 Å². The van der Waals surface area contributed by atoms with E-state index in [9.17, 15) is 0 Å². The van der Waals surface area contributed by atoms with Gasteiger partial charge in [-0.2, -0.15) is 5.26 Å². The fraction of sp³-hybridized carbons (Fsp3) is 0.316. The highest BCUT2D eigenvalue weighted by atomic mass is 79.9. The van der Waals surface area contributed by atoms with E-state index in [-0.39, 0.29) is 6.04 Å². The smallest absolute Gasteiger partial charge is 0.119 e. The van der Waals surface area contributed by atoms with Crippen LogP contribution in [-0.4, -0.2) is 6.61 Å². The summed E-state index contributed by atoms with van der Waals surface area (Å²) in [4.78, 5) is 0. The fourth-order valence-electron chi connectivity index (χ4n) is 2.23. The summed E-state index contributed by atoms with van der Waals surface area (Å²) in [5, 5.41) is 12.0. The third-order valence-corrected chi connectivity index (χ3v) is 4.11. The molecule has 0 spiro atoms. The normalized spacial score (nSPS) is 11.7. The number of unbranched alkanes of at least 4 members (excludes halogenated alkanes) is 1. The van der Waals surface area contributed by atoms with Crippen LogP contribution in [0.2, 0.25) is 0 Å². The molecule has 0 bridgehead atoms. The Labute approximate surface area is 146 Å². The molecule has 0 aliphatic heterocycles. The standard InChI is InChI=1S/C19H21BrN2O/c1-15(17-7-9-18(20)10-8-17)22-14-16-5-4-6-19(13-16)23-12-3-2-11-21/h4-10,13,15,22H,2-3,12,14H2,1H3. The Morgan fingerprint density at radius 3 is 2.74 bits per heavy atom. The van der Waals surface area contributed by atoms with E-state index >= 15 is 0 Å². The second-order valence-corrected chi connectivity index (χ2v) is 6.33. The summed E-state index contributed by atoms with van der Waals surface area (Å²) in [7, 11) is 0. The first kappa shape index (κ1) is 17.5. The molecule has 1 atom stereocenters. The van der Waals surface area contributed by atoms with Crippen LogP contribution >= 0.6 is 15.9 Å². The molecule has 0 saturated carbocycles. The Hall–Kier alpha value is -1.83. The van der Waals surface area contributed by atoms with Gasteiger partial charge < -0.3 is 10.1 Å². The first-order valence-corrected chi connectivity index (χ1v) is 8.56. The van der Waals surface area contributed by atoms with Crippen LogP contribution in [0.25, 0.3) is 0 Å². The topological polar surface area (TPSA) is 45.0 Å². The molecule has 1 unspecified atom stereocenters. The van der Waals surface area contributed by atoms with Gasteiger partial charge in [0.2, 0.25) is 0 Å². The first-order chi connectivity index (χ1) is 11.2. The molecular weight excluding hydrogens is 352 g/mol. The van der Waals surface area contributed by atoms with Crippen LogP contribution in [0.15, 0.2) is 53.0 Å². The van der Waals surface area contributed by atoms with Crippen molar-refractivity contribution in [2.45, 2.75) is 32.4 Å². The zero-order chi connectivity index (χ0) is 16.5. The summed E-state index contributed by atoms with van der Waals surface area (Å²) in [6.45, 7) is 3.53. The van der Waals surface area contributed by atoms with Crippen molar-refractivity contribution in [2.24, 2.45) is 0 Å². The number of rotatable bonds is 8. The molecule has 2 rings (SSSR count). The van der Waals surface area contributed by atoms with E-state index in [0.29, 0.717) is 13.0 Å². The van der Waals surface area contributed by atoms with Crippen LogP contribution in [0.5, 0.6) is 5.75 Å². The van der Waals surface area contributed by atoms with Gasteiger partial charge in [0.15, 0.2) is 0 Å². The molecule has 1 N–H and O–H groups in total. The molecule has 0 aliphatic rings. The highest BCUT2D eigenvalue weighted by Crippen LogP contribution is 2.18. The van der Waals surface area contributed by atoms with Crippen molar-refractivity contribution in [3.8, 4) is 11.8 Å². The predicted octanol–water partition coefficient (Wildman–Crippen LogP) is 4.98. The monoisotopic (exact) mass is 372 g/mol. The van der Waals surface area contributed by atoms with Gasteiger partial charge in [-0.1, -0.05) is 40.2 Å². The van der Waals surface area contributed by atoms with E-state index < -0.39 is 0 Å². The molecule has 0 fully saturated rings. The van der Waals surface area contributed by atoms with Crippen LogP contribution < -0.4 is 10.1 Å². The lowest BCUT2D eigenvalue weighted by atomic mass is 10.1. The predicted molar refractivity (Wildman–Crippen MR) is 96.2 cm³/mol. The maximum Gasteiger partial charge on any atom is 0.119 e. The van der Waals surface area contributed by atoms with Crippen molar-refractivity contribution in [1.82, 2.24) is 5.32 Å². The van der Waals surface area contributed by atoms with Gasteiger partial charge in [0.1, 0.15) is 5.75 Å². The lowest BCUT2D eigenvalue weighted by Gasteiger charge is -2.15. The second-order valence-electron chi connectivity index (χ2n) is 5.41. The average molecular weight is 373 g/mol. The van der Waals surface area contributed by atoms with Crippen molar-refractivity contribution in [3.05, 3.63) is 64.1 Å². The van der Waals surface area contributed by atoms with E-state index in [1.807, 2.05) is 18.2 Å². The van der Waals surface area contributed by atoms with Gasteiger partial charge in [0, 0.05) is 23.5 Å². The third kappa shape index (κ3) is 6.05. The fourth-order valence-corrected chi connectivity index (χ4v) is 2.49. The zero-order valence-electron chi connectivity index (χ0n) is 13.3. The molecule has 0 heterocycles. The summed E-state index contributed by atoms with van der Waals surface area (Å²) >= 11 is 3.46. The van der Waals surface area contributed by atoms with Crippen molar-refractivity contribution < 1.29 is 4.74 Å². The van der Waals surface area contributed by atoms with E-state index in [1.54, 1.807) is 0 Å². The molecule has 4 heteroatoms. The Bertz CT molecular complexity index is 649. The zero-order valence-corrected chi connectivity index (χ0v) is 14.8. The molecule has 120 valence electrons. The van der Waals surface area contributed by atoms with Gasteiger partial charge in [0.25, 0.3) is 0 Å². The number of nitriles is 1. The number of hydrogen-bond acceptors (Lipinski definition) is 3. The van der Waals surface area contributed by atoms with E-state index in [4.69, 9.17) is 10.00 Å². The van der Waals surface area contributed by atoms with Crippen LogP contribution in [0.4, 0.5) is 0 Å². The quantitative estimate of drug-likeness (QED) is 0.664. The average Bonchev–Trinajstić information content (AvgIpc) is 2.58. The summed E-state index contributed by atoms with van der Waals surface area (Å²) < 4.78 is 6.76. The number of nitrogens with one attached hydrogen (secondary N) is 1. The van der Waals surface area contributed by atoms with Crippen molar-refractivity contribution in [2.75, 3.05) is 6.61 Å². The number of hydrogen-bond donors (Lipinski definition) is 1. The Kier molecular flexibility index (Phi) is 7.12. The highest BCUT2D eigenvalue weighted by Gasteiger charge is 2.05. The SMILES string of the molecule is CC(NCc1cccc(OCCCC#N)c1)c1ccc(Br)cc1. The number of ether oxygens (including phenoxy) is 1. The number of halogens is 1. The maximum absolute atomic E-state index is 8.52. The number of nitrogens with zero attached hydrogens (tertiary/aromatic N) is 1. The Balaban J connectivity index is 1.85. The minimum absolute atomic E-state index is 0.281. The minimum Gasteiger partial charge on any atom is -0.494 e. The Morgan fingerprint density at radius 2 is 2.00 bits per heavy atom. The summed E-state index contributed by atoms with van der Waals surface area (Å²) in [5.74, 6) is 0.860. The summed E-state index contributed by atoms with van der Waals surface area (Å²) in [6, 6.07) is 18.9. The van der Waals surface area contributed by atoms with Crippen LogP contribution in [0.3, 0.4) is 0 Å². The molecule has 2 aromatic rings. The van der Waals surface area contributed by atoms with Crippen molar-refractivity contribution in [1.29, 1.82) is 5.26 Å². The highest BCUT2D eigenvalue weighted by molar-refractivity contribution is 9.10. The van der Waals surface area contributed by atoms with Gasteiger partial charge in [-0.3, -0.25) is 0 Å². The van der Waals surface area contributed by atoms with Crippen LogP contribution in [0, 0.1) is 11.3 Å². The van der Waals surface area contributed by atoms with E-state index in [2.05, 4.69) is 64.6 Å². The molecule has 0 saturated heterocycles. The largest absolute Gasteiger partial charge is 0.494 e. The molecule has 3 nitrogen and oxygen atoms in total. The molecule has 0 amide bonds. The van der Waals surface area contributed by atoms with Gasteiger partial charge in [0.05, 0.1) is 12.7 Å². The molecule has 2 aromatic carbocycles. The molecule has 0 radical (unpaired) electrons. The summed E-state index contributed by atoms with van der Waals surface area (Å²) in [6.07, 6.45) is 1.30. The van der Waals surface area contributed by atoms with Crippen LogP contribution in [-0.2, 0) is 6.54 Å². The van der Waals surface area contributed by atoms with E-state index in [1.165, 1.54) is 11.1 Å². The third-order valence-electron chi connectivity index (χ3n) is 3.58. The molecule has 0 aliphatic carbocycles. The molecule has 23 heavy (non-hydrogen) atoms. The summed E-state index contributed by atoms with van der Waals surface area (Å²) in [5.41, 5.74) is 2.45. The van der Waals surface area contributed by atoms with E-state index in [0.717, 1.165) is 23.2 Å². The maximum atomic E-state index is 8.52. The van der Waals surface area contributed by atoms with Gasteiger partial charge in [-0.15, -0.1) is 0 Å². The van der Waals surface area contributed by atoms with Gasteiger partial charge >= 0.3 is 0 Å². The van der Waals surface area contributed by atoms with Gasteiger partial charge in [-0.05, 0) is 48.7 Å².